The van der Waals surface area contributed by atoms with E-state index in [1.54, 1.807) is 6.07 Å². The lowest BCUT2D eigenvalue weighted by molar-refractivity contribution is -0.134. The minimum absolute atomic E-state index is 0.0189. The third-order valence-corrected chi connectivity index (χ3v) is 6.95. The van der Waals surface area contributed by atoms with Crippen molar-refractivity contribution in [3.8, 4) is 11.3 Å². The molecule has 2 saturated heterocycles. The molecule has 4 heterocycles. The first kappa shape index (κ1) is 23.2. The maximum Gasteiger partial charge on any atom is 0.267 e. The molecule has 182 valence electrons. The molecule has 2 aromatic heterocycles. The van der Waals surface area contributed by atoms with Crippen molar-refractivity contribution < 1.29 is 4.79 Å². The Morgan fingerprint density at radius 2 is 1.71 bits per heavy atom. The number of rotatable bonds is 6. The molecule has 3 aromatic rings. The quantitative estimate of drug-likeness (QED) is 0.548. The van der Waals surface area contributed by atoms with Crippen molar-refractivity contribution in [3.05, 3.63) is 77.2 Å². The number of nitrogens with zero attached hydrogens (tertiary/aromatic N) is 6. The number of likely N-dealkylation sites (tertiary alicyclic amines) is 1. The molecular formula is C27H32N6O2. The minimum atomic E-state index is -0.252. The van der Waals surface area contributed by atoms with Gasteiger partial charge in [-0.1, -0.05) is 36.4 Å². The SMILES string of the molecule is O=C(Cn1nc(-c2ccccc2)ccc1=O)N1CCCC(CN2CCN(c3ccccn3)CC2)C1. The highest BCUT2D eigenvalue weighted by Crippen LogP contribution is 2.20. The third kappa shape index (κ3) is 5.77. The summed E-state index contributed by atoms with van der Waals surface area (Å²) in [6.45, 7) is 6.43. The van der Waals surface area contributed by atoms with Crippen LogP contribution in [0.3, 0.4) is 0 Å². The predicted molar refractivity (Wildman–Crippen MR) is 136 cm³/mol. The van der Waals surface area contributed by atoms with Gasteiger partial charge in [-0.25, -0.2) is 9.67 Å². The molecule has 1 atom stereocenters. The summed E-state index contributed by atoms with van der Waals surface area (Å²) < 4.78 is 1.30. The summed E-state index contributed by atoms with van der Waals surface area (Å²) in [4.78, 5) is 36.7. The number of amides is 1. The van der Waals surface area contributed by atoms with Gasteiger partial charge >= 0.3 is 0 Å². The smallest absolute Gasteiger partial charge is 0.267 e. The van der Waals surface area contributed by atoms with Crippen molar-refractivity contribution in [2.45, 2.75) is 19.4 Å². The van der Waals surface area contributed by atoms with E-state index in [0.29, 0.717) is 11.6 Å². The van der Waals surface area contributed by atoms with Gasteiger partial charge < -0.3 is 9.80 Å². The van der Waals surface area contributed by atoms with E-state index in [2.05, 4.69) is 25.9 Å². The van der Waals surface area contributed by atoms with E-state index in [1.165, 1.54) is 10.7 Å². The zero-order valence-electron chi connectivity index (χ0n) is 20.0. The topological polar surface area (TPSA) is 74.6 Å². The van der Waals surface area contributed by atoms with Crippen LogP contribution in [0.5, 0.6) is 0 Å². The van der Waals surface area contributed by atoms with E-state index in [4.69, 9.17) is 0 Å². The van der Waals surface area contributed by atoms with Crippen molar-refractivity contribution in [3.63, 3.8) is 0 Å². The van der Waals surface area contributed by atoms with E-state index >= 15 is 0 Å². The van der Waals surface area contributed by atoms with Crippen LogP contribution in [0.4, 0.5) is 5.82 Å². The molecular weight excluding hydrogens is 440 g/mol. The van der Waals surface area contributed by atoms with Crippen molar-refractivity contribution in [2.24, 2.45) is 5.92 Å². The highest BCUT2D eigenvalue weighted by molar-refractivity contribution is 5.76. The maximum atomic E-state index is 13.1. The fourth-order valence-corrected chi connectivity index (χ4v) is 5.06. The number of anilines is 1. The molecule has 0 N–H and O–H groups in total. The van der Waals surface area contributed by atoms with E-state index in [-0.39, 0.29) is 18.0 Å². The van der Waals surface area contributed by atoms with Gasteiger partial charge in [-0.15, -0.1) is 0 Å². The molecule has 0 saturated carbocycles. The Bertz CT molecular complexity index is 1180. The van der Waals surface area contributed by atoms with Gasteiger partial charge in [-0.05, 0) is 37.0 Å². The summed E-state index contributed by atoms with van der Waals surface area (Å²) >= 11 is 0. The number of carbonyl (C=O) groups excluding carboxylic acids is 1. The Morgan fingerprint density at radius 3 is 2.49 bits per heavy atom. The van der Waals surface area contributed by atoms with Crippen LogP contribution in [-0.4, -0.2) is 76.3 Å². The second-order valence-electron chi connectivity index (χ2n) is 9.40. The molecule has 35 heavy (non-hydrogen) atoms. The lowest BCUT2D eigenvalue weighted by Crippen LogP contribution is -2.50. The Morgan fingerprint density at radius 1 is 0.914 bits per heavy atom. The van der Waals surface area contributed by atoms with Gasteiger partial charge in [-0.2, -0.15) is 5.10 Å². The zero-order valence-corrected chi connectivity index (χ0v) is 20.0. The summed E-state index contributed by atoms with van der Waals surface area (Å²) in [6, 6.07) is 19.0. The summed E-state index contributed by atoms with van der Waals surface area (Å²) in [5.41, 5.74) is 1.37. The van der Waals surface area contributed by atoms with E-state index < -0.39 is 0 Å². The molecule has 0 spiro atoms. The molecule has 0 bridgehead atoms. The van der Waals surface area contributed by atoms with E-state index in [9.17, 15) is 9.59 Å². The molecule has 1 unspecified atom stereocenters. The Labute approximate surface area is 205 Å². The molecule has 1 amide bonds. The number of benzene rings is 1. The normalized spacial score (nSPS) is 19.0. The molecule has 2 aliphatic rings. The van der Waals surface area contributed by atoms with Crippen LogP contribution < -0.4 is 10.5 Å². The number of pyridine rings is 1. The largest absolute Gasteiger partial charge is 0.354 e. The second-order valence-corrected chi connectivity index (χ2v) is 9.40. The van der Waals surface area contributed by atoms with Crippen molar-refractivity contribution in [2.75, 3.05) is 50.7 Å². The molecule has 0 aliphatic carbocycles. The van der Waals surface area contributed by atoms with Crippen LogP contribution in [-0.2, 0) is 11.3 Å². The predicted octanol–water partition coefficient (Wildman–Crippen LogP) is 2.37. The second kappa shape index (κ2) is 10.8. The zero-order chi connectivity index (χ0) is 24.0. The first-order valence-corrected chi connectivity index (χ1v) is 12.5. The minimum Gasteiger partial charge on any atom is -0.354 e. The van der Waals surface area contributed by atoms with E-state index in [0.717, 1.165) is 70.0 Å². The number of carbonyl (C=O) groups is 1. The van der Waals surface area contributed by atoms with Gasteiger partial charge in [0.1, 0.15) is 12.4 Å². The first-order valence-electron chi connectivity index (χ1n) is 12.5. The Balaban J connectivity index is 1.15. The third-order valence-electron chi connectivity index (χ3n) is 6.95. The summed E-state index contributed by atoms with van der Waals surface area (Å²) in [5, 5.41) is 4.46. The summed E-state index contributed by atoms with van der Waals surface area (Å²) in [5.74, 6) is 1.46. The lowest BCUT2D eigenvalue weighted by atomic mass is 9.97. The molecule has 5 rings (SSSR count). The van der Waals surface area contributed by atoms with Crippen LogP contribution >= 0.6 is 0 Å². The van der Waals surface area contributed by atoms with Gasteiger partial charge in [0.2, 0.25) is 5.91 Å². The fourth-order valence-electron chi connectivity index (χ4n) is 5.06. The standard InChI is InChI=1S/C27H32N6O2/c34-26-12-11-24(23-8-2-1-3-9-23)29-33(26)21-27(35)32-14-6-7-22(20-32)19-30-15-17-31(18-16-30)25-10-4-5-13-28-25/h1-5,8-13,22H,6-7,14-21H2. The monoisotopic (exact) mass is 472 g/mol. The highest BCUT2D eigenvalue weighted by Gasteiger charge is 2.27. The van der Waals surface area contributed by atoms with Crippen LogP contribution in [0.15, 0.2) is 71.7 Å². The van der Waals surface area contributed by atoms with E-state index in [1.807, 2.05) is 53.6 Å². The van der Waals surface area contributed by atoms with Crippen molar-refractivity contribution in [1.82, 2.24) is 24.6 Å². The molecule has 2 fully saturated rings. The number of piperazine rings is 1. The lowest BCUT2D eigenvalue weighted by Gasteiger charge is -2.39. The van der Waals surface area contributed by atoms with Crippen LogP contribution in [0.1, 0.15) is 12.8 Å². The van der Waals surface area contributed by atoms with Crippen molar-refractivity contribution in [1.29, 1.82) is 0 Å². The first-order chi connectivity index (χ1) is 17.2. The average molecular weight is 473 g/mol. The Kier molecular flexibility index (Phi) is 7.18. The van der Waals surface area contributed by atoms with Gasteiger partial charge in [0.25, 0.3) is 5.56 Å². The number of piperidine rings is 1. The molecule has 8 heteroatoms. The fraction of sp³-hybridized carbons (Fsp3) is 0.407. The molecule has 8 nitrogen and oxygen atoms in total. The van der Waals surface area contributed by atoms with Crippen LogP contribution in [0.25, 0.3) is 11.3 Å². The molecule has 2 aliphatic heterocycles. The summed E-state index contributed by atoms with van der Waals surface area (Å²) in [7, 11) is 0. The number of hydrogen-bond acceptors (Lipinski definition) is 6. The van der Waals surface area contributed by atoms with Gasteiger partial charge in [0.15, 0.2) is 0 Å². The van der Waals surface area contributed by atoms with Gasteiger partial charge in [0, 0.05) is 63.6 Å². The average Bonchev–Trinajstić information content (AvgIpc) is 2.91. The van der Waals surface area contributed by atoms with Gasteiger partial charge in [-0.3, -0.25) is 14.5 Å². The highest BCUT2D eigenvalue weighted by atomic mass is 16.2. The number of aromatic nitrogens is 3. The van der Waals surface area contributed by atoms with Crippen LogP contribution in [0, 0.1) is 5.92 Å². The summed E-state index contributed by atoms with van der Waals surface area (Å²) in [6.07, 6.45) is 3.97. The molecule has 1 aromatic carbocycles. The Hall–Kier alpha value is -3.52. The molecule has 0 radical (unpaired) electrons. The maximum absolute atomic E-state index is 13.1. The van der Waals surface area contributed by atoms with Gasteiger partial charge in [0.05, 0.1) is 5.69 Å². The van der Waals surface area contributed by atoms with Crippen molar-refractivity contribution >= 4 is 11.7 Å². The van der Waals surface area contributed by atoms with Crippen LogP contribution in [0.2, 0.25) is 0 Å². The number of hydrogen-bond donors (Lipinski definition) is 0.